The Hall–Kier alpha value is -0.910. The van der Waals surface area contributed by atoms with Crippen LogP contribution in [0.15, 0.2) is 28.7 Å². The number of hydrogen-bond donors (Lipinski definition) is 1. The minimum absolute atomic E-state index is 0.154. The summed E-state index contributed by atoms with van der Waals surface area (Å²) in [5, 5.41) is 3.46. The van der Waals surface area contributed by atoms with Gasteiger partial charge in [0, 0.05) is 49.3 Å². The van der Waals surface area contributed by atoms with Crippen LogP contribution in [0, 0.1) is 5.41 Å². The second kappa shape index (κ2) is 6.69. The van der Waals surface area contributed by atoms with Crippen LogP contribution >= 0.6 is 15.9 Å². The van der Waals surface area contributed by atoms with Crippen molar-refractivity contribution in [2.45, 2.75) is 13.3 Å². The van der Waals surface area contributed by atoms with E-state index >= 15 is 0 Å². The second-order valence-corrected chi connectivity index (χ2v) is 7.73. The van der Waals surface area contributed by atoms with Crippen molar-refractivity contribution in [2.24, 2.45) is 5.41 Å². The maximum Gasteiger partial charge on any atom is 0.253 e. The molecular weight excluding hydrogens is 342 g/mol. The smallest absolute Gasteiger partial charge is 0.253 e. The minimum Gasteiger partial charge on any atom is -0.336 e. The SMILES string of the molecule is CC1(CN2CCN(C(=O)c3ccc(Br)cc3)CC2)CCNC1. The van der Waals surface area contributed by atoms with Gasteiger partial charge in [-0.15, -0.1) is 0 Å². The molecule has 0 aromatic heterocycles. The zero-order valence-corrected chi connectivity index (χ0v) is 14.7. The number of hydrogen-bond acceptors (Lipinski definition) is 3. The third-order valence-electron chi connectivity index (χ3n) is 4.81. The molecular formula is C17H24BrN3O. The fourth-order valence-electron chi connectivity index (χ4n) is 3.43. The van der Waals surface area contributed by atoms with Crippen LogP contribution in [0.5, 0.6) is 0 Å². The number of rotatable bonds is 3. The highest BCUT2D eigenvalue weighted by molar-refractivity contribution is 9.10. The van der Waals surface area contributed by atoms with E-state index in [0.717, 1.165) is 55.8 Å². The topological polar surface area (TPSA) is 35.6 Å². The lowest BCUT2D eigenvalue weighted by atomic mass is 9.89. The summed E-state index contributed by atoms with van der Waals surface area (Å²) in [6.45, 7) is 9.39. The summed E-state index contributed by atoms with van der Waals surface area (Å²) in [5.41, 5.74) is 1.18. The van der Waals surface area contributed by atoms with Gasteiger partial charge in [0.2, 0.25) is 0 Å². The van der Waals surface area contributed by atoms with Crippen LogP contribution in [-0.4, -0.2) is 61.5 Å². The van der Waals surface area contributed by atoms with Crippen molar-refractivity contribution in [3.63, 3.8) is 0 Å². The monoisotopic (exact) mass is 365 g/mol. The number of carbonyl (C=O) groups excluding carboxylic acids is 1. The Morgan fingerprint density at radius 2 is 1.91 bits per heavy atom. The van der Waals surface area contributed by atoms with Crippen LogP contribution in [0.2, 0.25) is 0 Å². The van der Waals surface area contributed by atoms with Crippen LogP contribution in [0.3, 0.4) is 0 Å². The molecule has 1 atom stereocenters. The van der Waals surface area contributed by atoms with Crippen LogP contribution < -0.4 is 5.32 Å². The average Bonchev–Trinajstić information content (AvgIpc) is 2.94. The van der Waals surface area contributed by atoms with Crippen LogP contribution in [0.4, 0.5) is 0 Å². The lowest BCUT2D eigenvalue weighted by Crippen LogP contribution is -2.51. The van der Waals surface area contributed by atoms with Crippen LogP contribution in [0.1, 0.15) is 23.7 Å². The Morgan fingerprint density at radius 1 is 1.23 bits per heavy atom. The van der Waals surface area contributed by atoms with Crippen molar-refractivity contribution in [1.82, 2.24) is 15.1 Å². The summed E-state index contributed by atoms with van der Waals surface area (Å²) in [7, 11) is 0. The van der Waals surface area contributed by atoms with E-state index in [-0.39, 0.29) is 5.91 Å². The zero-order chi connectivity index (χ0) is 15.6. The molecule has 5 heteroatoms. The predicted octanol–water partition coefficient (Wildman–Crippen LogP) is 2.21. The maximum atomic E-state index is 12.5. The van der Waals surface area contributed by atoms with Gasteiger partial charge in [0.1, 0.15) is 0 Å². The van der Waals surface area contributed by atoms with Crippen LogP contribution in [-0.2, 0) is 0 Å². The van der Waals surface area contributed by atoms with Gasteiger partial charge in [-0.1, -0.05) is 22.9 Å². The van der Waals surface area contributed by atoms with E-state index in [0.29, 0.717) is 5.41 Å². The summed E-state index contributed by atoms with van der Waals surface area (Å²) < 4.78 is 1.01. The first-order chi connectivity index (χ1) is 10.6. The fraction of sp³-hybridized carbons (Fsp3) is 0.588. The minimum atomic E-state index is 0.154. The first-order valence-electron chi connectivity index (χ1n) is 8.04. The number of benzene rings is 1. The van der Waals surface area contributed by atoms with Crippen molar-refractivity contribution in [3.8, 4) is 0 Å². The summed E-state index contributed by atoms with van der Waals surface area (Å²) in [4.78, 5) is 17.0. The van der Waals surface area contributed by atoms with E-state index in [1.807, 2.05) is 29.2 Å². The molecule has 4 nitrogen and oxygen atoms in total. The molecule has 3 rings (SSSR count). The normalized spacial score (nSPS) is 26.4. The van der Waals surface area contributed by atoms with Gasteiger partial charge < -0.3 is 10.2 Å². The molecule has 0 bridgehead atoms. The van der Waals surface area contributed by atoms with E-state index in [1.165, 1.54) is 6.42 Å². The molecule has 0 saturated carbocycles. The van der Waals surface area contributed by atoms with Gasteiger partial charge >= 0.3 is 0 Å². The average molecular weight is 366 g/mol. The molecule has 1 unspecified atom stereocenters. The number of amides is 1. The quantitative estimate of drug-likeness (QED) is 0.891. The zero-order valence-electron chi connectivity index (χ0n) is 13.1. The van der Waals surface area contributed by atoms with E-state index < -0.39 is 0 Å². The number of piperazine rings is 1. The Labute approximate surface area is 141 Å². The third kappa shape index (κ3) is 3.70. The van der Waals surface area contributed by atoms with Gasteiger partial charge in [-0.2, -0.15) is 0 Å². The van der Waals surface area contributed by atoms with Crippen molar-refractivity contribution in [3.05, 3.63) is 34.3 Å². The molecule has 120 valence electrons. The Balaban J connectivity index is 1.53. The molecule has 2 aliphatic rings. The van der Waals surface area contributed by atoms with Crippen molar-refractivity contribution in [2.75, 3.05) is 45.8 Å². The molecule has 1 N–H and O–H groups in total. The summed E-state index contributed by atoms with van der Waals surface area (Å²) in [6, 6.07) is 7.64. The van der Waals surface area contributed by atoms with Gasteiger partial charge in [0.05, 0.1) is 0 Å². The van der Waals surface area contributed by atoms with E-state index in [4.69, 9.17) is 0 Å². The highest BCUT2D eigenvalue weighted by Crippen LogP contribution is 2.26. The molecule has 0 radical (unpaired) electrons. The van der Waals surface area contributed by atoms with Crippen LogP contribution in [0.25, 0.3) is 0 Å². The molecule has 1 aromatic carbocycles. The van der Waals surface area contributed by atoms with Crippen molar-refractivity contribution < 1.29 is 4.79 Å². The lowest BCUT2D eigenvalue weighted by Gasteiger charge is -2.38. The standard InChI is InChI=1S/C17H24BrN3O/c1-17(6-7-19-12-17)13-20-8-10-21(11-9-20)16(22)14-2-4-15(18)5-3-14/h2-5,19H,6-13H2,1H3. The molecule has 2 fully saturated rings. The number of halogens is 1. The molecule has 22 heavy (non-hydrogen) atoms. The summed E-state index contributed by atoms with van der Waals surface area (Å²) in [5.74, 6) is 0.154. The third-order valence-corrected chi connectivity index (χ3v) is 5.34. The molecule has 2 aliphatic heterocycles. The van der Waals surface area contributed by atoms with Crippen molar-refractivity contribution >= 4 is 21.8 Å². The number of carbonyl (C=O) groups is 1. The van der Waals surface area contributed by atoms with Gasteiger partial charge in [-0.05, 0) is 42.6 Å². The van der Waals surface area contributed by atoms with Crippen molar-refractivity contribution in [1.29, 1.82) is 0 Å². The van der Waals surface area contributed by atoms with Gasteiger partial charge in [-0.25, -0.2) is 0 Å². The lowest BCUT2D eigenvalue weighted by molar-refractivity contribution is 0.0581. The summed E-state index contributed by atoms with van der Waals surface area (Å²) >= 11 is 3.41. The molecule has 1 aromatic rings. The molecule has 2 saturated heterocycles. The van der Waals surface area contributed by atoms with Gasteiger partial charge in [0.25, 0.3) is 5.91 Å². The predicted molar refractivity (Wildman–Crippen MR) is 92.1 cm³/mol. The second-order valence-electron chi connectivity index (χ2n) is 6.81. The maximum absolute atomic E-state index is 12.5. The largest absolute Gasteiger partial charge is 0.336 e. The molecule has 2 heterocycles. The summed E-state index contributed by atoms with van der Waals surface area (Å²) in [6.07, 6.45) is 1.25. The van der Waals surface area contributed by atoms with E-state index in [9.17, 15) is 4.79 Å². The number of nitrogens with zero attached hydrogens (tertiary/aromatic N) is 2. The Bertz CT molecular complexity index is 517. The first kappa shape index (κ1) is 16.0. The first-order valence-corrected chi connectivity index (χ1v) is 8.83. The van der Waals surface area contributed by atoms with E-state index in [1.54, 1.807) is 0 Å². The van der Waals surface area contributed by atoms with E-state index in [2.05, 4.69) is 33.1 Å². The highest BCUT2D eigenvalue weighted by Gasteiger charge is 2.32. The fourth-order valence-corrected chi connectivity index (χ4v) is 3.69. The molecule has 0 spiro atoms. The Kier molecular flexibility index (Phi) is 4.85. The molecule has 0 aliphatic carbocycles. The van der Waals surface area contributed by atoms with Gasteiger partial charge in [-0.3, -0.25) is 9.69 Å². The number of nitrogens with one attached hydrogen (secondary N) is 1. The highest BCUT2D eigenvalue weighted by atomic mass is 79.9. The van der Waals surface area contributed by atoms with Gasteiger partial charge in [0.15, 0.2) is 0 Å². The molecule has 1 amide bonds. The Morgan fingerprint density at radius 3 is 2.50 bits per heavy atom.